The van der Waals surface area contributed by atoms with Gasteiger partial charge < -0.3 is 9.32 Å². The molecule has 0 spiro atoms. The lowest BCUT2D eigenvalue weighted by Crippen LogP contribution is -2.49. The van der Waals surface area contributed by atoms with Gasteiger partial charge in [-0.1, -0.05) is 0 Å². The third-order valence-corrected chi connectivity index (χ3v) is 7.45. The molecular formula is C20H21N7O4S. The van der Waals surface area contributed by atoms with E-state index in [-0.39, 0.29) is 4.90 Å². The Labute approximate surface area is 183 Å². The van der Waals surface area contributed by atoms with Gasteiger partial charge in [-0.15, -0.1) is 10.2 Å². The molecule has 5 rings (SSSR count). The number of hydrogen-bond acceptors (Lipinski definition) is 8. The number of aromatic nitrogens is 5. The summed E-state index contributed by atoms with van der Waals surface area (Å²) in [5.74, 6) is 0.773. The van der Waals surface area contributed by atoms with Crippen LogP contribution in [0.25, 0.3) is 16.9 Å². The number of anilines is 1. The van der Waals surface area contributed by atoms with E-state index in [4.69, 9.17) is 4.42 Å². The van der Waals surface area contributed by atoms with E-state index >= 15 is 0 Å². The zero-order valence-electron chi connectivity index (χ0n) is 17.5. The maximum absolute atomic E-state index is 13.1. The van der Waals surface area contributed by atoms with E-state index in [0.717, 1.165) is 5.69 Å². The molecule has 12 heteroatoms. The molecule has 0 unspecified atom stereocenters. The highest BCUT2D eigenvalue weighted by Crippen LogP contribution is 2.23. The minimum Gasteiger partial charge on any atom is -0.408 e. The Morgan fingerprint density at radius 1 is 0.969 bits per heavy atom. The van der Waals surface area contributed by atoms with E-state index in [1.807, 2.05) is 36.2 Å². The van der Waals surface area contributed by atoms with Crippen LogP contribution in [-0.2, 0) is 17.1 Å². The van der Waals surface area contributed by atoms with Gasteiger partial charge in [0.1, 0.15) is 0 Å². The Morgan fingerprint density at radius 3 is 2.34 bits per heavy atom. The van der Waals surface area contributed by atoms with Crippen molar-refractivity contribution in [2.24, 2.45) is 7.05 Å². The number of fused-ring (bicyclic) bond motifs is 1. The quantitative estimate of drug-likeness (QED) is 0.446. The summed E-state index contributed by atoms with van der Waals surface area (Å²) >= 11 is 0. The maximum atomic E-state index is 13.1. The fraction of sp³-hybridized carbons (Fsp3) is 0.300. The van der Waals surface area contributed by atoms with Gasteiger partial charge in [-0.2, -0.15) is 9.40 Å². The van der Waals surface area contributed by atoms with Crippen LogP contribution in [0, 0.1) is 6.92 Å². The summed E-state index contributed by atoms with van der Waals surface area (Å²) in [5, 5.41) is 12.8. The van der Waals surface area contributed by atoms with Crippen molar-refractivity contribution in [1.29, 1.82) is 0 Å². The van der Waals surface area contributed by atoms with E-state index in [1.165, 1.54) is 27.1 Å². The van der Waals surface area contributed by atoms with E-state index in [1.54, 1.807) is 11.7 Å². The lowest BCUT2D eigenvalue weighted by molar-refractivity contribution is 0.383. The molecular weight excluding hydrogens is 434 g/mol. The van der Waals surface area contributed by atoms with Crippen molar-refractivity contribution >= 4 is 26.9 Å². The number of piperazine rings is 1. The molecule has 1 aromatic carbocycles. The van der Waals surface area contributed by atoms with Gasteiger partial charge in [0.25, 0.3) is 0 Å². The summed E-state index contributed by atoms with van der Waals surface area (Å²) in [4.78, 5) is 13.8. The number of oxazole rings is 1. The maximum Gasteiger partial charge on any atom is 0.419 e. The van der Waals surface area contributed by atoms with Crippen molar-refractivity contribution in [3.05, 3.63) is 58.8 Å². The van der Waals surface area contributed by atoms with E-state index < -0.39 is 15.8 Å². The largest absolute Gasteiger partial charge is 0.419 e. The number of benzene rings is 1. The molecule has 1 aliphatic rings. The zero-order valence-corrected chi connectivity index (χ0v) is 18.4. The summed E-state index contributed by atoms with van der Waals surface area (Å²) in [6.45, 7) is 3.50. The fourth-order valence-electron chi connectivity index (χ4n) is 3.73. The molecule has 0 bridgehead atoms. The molecule has 32 heavy (non-hydrogen) atoms. The minimum atomic E-state index is -3.71. The van der Waals surface area contributed by atoms with E-state index in [9.17, 15) is 13.2 Å². The van der Waals surface area contributed by atoms with Gasteiger partial charge in [0, 0.05) is 39.4 Å². The molecule has 1 saturated heterocycles. The van der Waals surface area contributed by atoms with Crippen LogP contribution in [0.15, 0.2) is 56.7 Å². The predicted octanol–water partition coefficient (Wildman–Crippen LogP) is 0.927. The van der Waals surface area contributed by atoms with Crippen LogP contribution in [-0.4, -0.2) is 63.4 Å². The first kappa shape index (κ1) is 20.4. The number of aryl methyl sites for hydroxylation is 2. The molecule has 1 fully saturated rings. The third-order valence-electron chi connectivity index (χ3n) is 5.56. The number of sulfonamides is 1. The predicted molar refractivity (Wildman–Crippen MR) is 116 cm³/mol. The van der Waals surface area contributed by atoms with Gasteiger partial charge in [0.05, 0.1) is 16.1 Å². The minimum absolute atomic E-state index is 0.133. The Balaban J connectivity index is 1.30. The molecule has 0 amide bonds. The van der Waals surface area contributed by atoms with Crippen molar-refractivity contribution in [3.63, 3.8) is 0 Å². The molecule has 166 valence electrons. The van der Waals surface area contributed by atoms with Crippen LogP contribution in [0.1, 0.15) is 5.69 Å². The molecule has 0 atom stereocenters. The number of nitrogens with zero attached hydrogens (tertiary/aromatic N) is 7. The third kappa shape index (κ3) is 3.46. The SMILES string of the molecule is Cc1ccn(-c2ccc(N3CCN(S(=O)(=O)c4ccc5oc(=O)n(C)c5c4)CC3)nn2)n1. The standard InChI is InChI=1S/C20H21N7O4S/c1-14-7-8-27(23-14)19-6-5-18(21-22-19)25-9-11-26(12-10-25)32(29,30)15-3-4-17-16(13-15)24(2)20(28)31-17/h3-8,13H,9-12H2,1-2H3. The Kier molecular flexibility index (Phi) is 4.82. The second-order valence-corrected chi connectivity index (χ2v) is 9.54. The van der Waals surface area contributed by atoms with Gasteiger partial charge in [-0.25, -0.2) is 17.9 Å². The summed E-state index contributed by atoms with van der Waals surface area (Å²) < 4.78 is 35.8. The fourth-order valence-corrected chi connectivity index (χ4v) is 5.17. The molecule has 11 nitrogen and oxygen atoms in total. The summed E-state index contributed by atoms with van der Waals surface area (Å²) in [6, 6.07) is 10.0. The zero-order chi connectivity index (χ0) is 22.5. The van der Waals surface area contributed by atoms with Crippen molar-refractivity contribution < 1.29 is 12.8 Å². The Bertz CT molecular complexity index is 1450. The van der Waals surface area contributed by atoms with Gasteiger partial charge in [-0.05, 0) is 43.3 Å². The molecule has 0 aliphatic carbocycles. The highest BCUT2D eigenvalue weighted by molar-refractivity contribution is 7.89. The number of rotatable bonds is 4. The summed E-state index contributed by atoms with van der Waals surface area (Å²) in [5.41, 5.74) is 1.69. The summed E-state index contributed by atoms with van der Waals surface area (Å²) in [6.07, 6.45) is 1.82. The van der Waals surface area contributed by atoms with Crippen LogP contribution in [0.5, 0.6) is 0 Å². The lowest BCUT2D eigenvalue weighted by Gasteiger charge is -2.34. The van der Waals surface area contributed by atoms with Crippen LogP contribution in [0.4, 0.5) is 5.82 Å². The molecule has 0 N–H and O–H groups in total. The van der Waals surface area contributed by atoms with Gasteiger partial charge in [-0.3, -0.25) is 4.57 Å². The average molecular weight is 456 g/mol. The smallest absolute Gasteiger partial charge is 0.408 e. The van der Waals surface area contributed by atoms with Crippen molar-refractivity contribution in [2.75, 3.05) is 31.1 Å². The van der Waals surface area contributed by atoms with Crippen LogP contribution < -0.4 is 10.7 Å². The number of hydrogen-bond donors (Lipinski definition) is 0. The topological polar surface area (TPSA) is 119 Å². The van der Waals surface area contributed by atoms with Gasteiger partial charge in [0.2, 0.25) is 10.0 Å². The molecule has 4 heterocycles. The van der Waals surface area contributed by atoms with Crippen LogP contribution in [0.3, 0.4) is 0 Å². The Morgan fingerprint density at radius 2 is 1.69 bits per heavy atom. The first-order valence-electron chi connectivity index (χ1n) is 10.0. The highest BCUT2D eigenvalue weighted by Gasteiger charge is 2.29. The lowest BCUT2D eigenvalue weighted by atomic mass is 10.3. The highest BCUT2D eigenvalue weighted by atomic mass is 32.2. The first-order chi connectivity index (χ1) is 15.3. The first-order valence-corrected chi connectivity index (χ1v) is 11.5. The van der Waals surface area contributed by atoms with Crippen molar-refractivity contribution in [3.8, 4) is 5.82 Å². The van der Waals surface area contributed by atoms with Crippen molar-refractivity contribution in [2.45, 2.75) is 11.8 Å². The monoisotopic (exact) mass is 455 g/mol. The second kappa shape index (κ2) is 7.57. The van der Waals surface area contributed by atoms with E-state index in [2.05, 4.69) is 15.3 Å². The normalized spacial score (nSPS) is 15.5. The van der Waals surface area contributed by atoms with Crippen LogP contribution >= 0.6 is 0 Å². The van der Waals surface area contributed by atoms with Crippen molar-refractivity contribution in [1.82, 2.24) is 28.9 Å². The average Bonchev–Trinajstić information content (AvgIpc) is 3.36. The molecule has 0 saturated carbocycles. The molecule has 0 radical (unpaired) electrons. The molecule has 1 aliphatic heterocycles. The van der Waals surface area contributed by atoms with Gasteiger partial charge >= 0.3 is 5.76 Å². The second-order valence-electron chi connectivity index (χ2n) is 7.60. The van der Waals surface area contributed by atoms with Crippen LogP contribution in [0.2, 0.25) is 0 Å². The molecule has 3 aromatic heterocycles. The summed E-state index contributed by atoms with van der Waals surface area (Å²) in [7, 11) is -2.16. The van der Waals surface area contributed by atoms with Gasteiger partial charge in [0.15, 0.2) is 17.2 Å². The van der Waals surface area contributed by atoms with E-state index in [0.29, 0.717) is 48.9 Å². The molecule has 4 aromatic rings. The Hall–Kier alpha value is -3.51.